The molecule has 0 radical (unpaired) electrons. The summed E-state index contributed by atoms with van der Waals surface area (Å²) in [5.41, 5.74) is 0.872. The van der Waals surface area contributed by atoms with E-state index < -0.39 is 5.76 Å². The van der Waals surface area contributed by atoms with E-state index in [1.807, 2.05) is 18.2 Å². The van der Waals surface area contributed by atoms with E-state index in [-0.39, 0.29) is 0 Å². The van der Waals surface area contributed by atoms with Crippen LogP contribution in [0, 0.1) is 0 Å². The van der Waals surface area contributed by atoms with Crippen LogP contribution in [0.4, 0.5) is 8.78 Å². The van der Waals surface area contributed by atoms with Crippen LogP contribution in [0.1, 0.15) is 0 Å². The molecule has 5 heteroatoms. The standard InChI is InChI=1S/C9H6BrF2NS/c10-5-1-2-7-6(3-5)8(4-13-7)14-9(11)12/h1-4,9,13H. The summed E-state index contributed by atoms with van der Waals surface area (Å²) in [4.78, 5) is 3.53. The van der Waals surface area contributed by atoms with Crippen molar-refractivity contribution in [2.75, 3.05) is 0 Å². The summed E-state index contributed by atoms with van der Waals surface area (Å²) in [7, 11) is 0. The average Bonchev–Trinajstić information content (AvgIpc) is 2.47. The van der Waals surface area contributed by atoms with Crippen molar-refractivity contribution in [3.05, 3.63) is 28.9 Å². The molecule has 0 fully saturated rings. The number of alkyl halides is 2. The van der Waals surface area contributed by atoms with Crippen molar-refractivity contribution in [1.82, 2.24) is 4.98 Å². The lowest BCUT2D eigenvalue weighted by atomic mass is 10.2. The molecule has 1 aromatic heterocycles. The van der Waals surface area contributed by atoms with Crippen molar-refractivity contribution in [3.8, 4) is 0 Å². The molecule has 0 bridgehead atoms. The lowest BCUT2D eigenvalue weighted by Crippen LogP contribution is -1.79. The topological polar surface area (TPSA) is 15.8 Å². The minimum atomic E-state index is -2.38. The van der Waals surface area contributed by atoms with Crippen molar-refractivity contribution < 1.29 is 8.78 Å². The number of aromatic nitrogens is 1. The van der Waals surface area contributed by atoms with E-state index in [9.17, 15) is 8.78 Å². The molecule has 1 heterocycles. The van der Waals surface area contributed by atoms with Gasteiger partial charge in [0.25, 0.3) is 5.76 Å². The molecular formula is C9H6BrF2NS. The third-order valence-electron chi connectivity index (χ3n) is 1.82. The predicted octanol–water partition coefficient (Wildman–Crippen LogP) is 4.25. The Balaban J connectivity index is 2.50. The molecule has 0 amide bonds. The fourth-order valence-corrected chi connectivity index (χ4v) is 2.24. The van der Waals surface area contributed by atoms with E-state index in [1.165, 1.54) is 0 Å². The maximum atomic E-state index is 12.2. The Kier molecular flexibility index (Phi) is 2.78. The molecule has 1 N–H and O–H groups in total. The first-order chi connectivity index (χ1) is 6.66. The molecular weight excluding hydrogens is 272 g/mol. The number of fused-ring (bicyclic) bond motifs is 1. The van der Waals surface area contributed by atoms with Crippen LogP contribution in [0.25, 0.3) is 10.9 Å². The van der Waals surface area contributed by atoms with Crippen LogP contribution >= 0.6 is 27.7 Å². The van der Waals surface area contributed by atoms with Crippen LogP contribution in [0.5, 0.6) is 0 Å². The lowest BCUT2D eigenvalue weighted by Gasteiger charge is -1.97. The first-order valence-corrected chi connectivity index (χ1v) is 5.55. The Hall–Kier alpha value is -0.550. The Bertz CT molecular complexity index is 455. The first-order valence-electron chi connectivity index (χ1n) is 3.88. The minimum Gasteiger partial charge on any atom is -0.360 e. The fourth-order valence-electron chi connectivity index (χ4n) is 1.26. The molecule has 1 aromatic carbocycles. The third kappa shape index (κ3) is 1.93. The molecule has 0 saturated heterocycles. The normalized spacial score (nSPS) is 11.4. The molecule has 0 saturated carbocycles. The highest BCUT2D eigenvalue weighted by molar-refractivity contribution is 9.10. The zero-order chi connectivity index (χ0) is 10.1. The number of nitrogens with one attached hydrogen (secondary N) is 1. The van der Waals surface area contributed by atoms with E-state index >= 15 is 0 Å². The predicted molar refractivity (Wildman–Crippen MR) is 57.9 cm³/mol. The third-order valence-corrected chi connectivity index (χ3v) is 3.09. The highest BCUT2D eigenvalue weighted by atomic mass is 79.9. The Morgan fingerprint density at radius 3 is 2.86 bits per heavy atom. The van der Waals surface area contributed by atoms with Gasteiger partial charge in [-0.05, 0) is 18.2 Å². The van der Waals surface area contributed by atoms with Crippen LogP contribution < -0.4 is 0 Å². The van der Waals surface area contributed by atoms with Crippen LogP contribution in [-0.4, -0.2) is 10.7 Å². The molecule has 0 aliphatic carbocycles. The number of H-pyrrole nitrogens is 1. The van der Waals surface area contributed by atoms with Gasteiger partial charge in [-0.15, -0.1) is 0 Å². The molecule has 0 aliphatic heterocycles. The second-order valence-electron chi connectivity index (χ2n) is 2.72. The van der Waals surface area contributed by atoms with E-state index in [1.54, 1.807) is 6.20 Å². The van der Waals surface area contributed by atoms with Crippen LogP contribution in [0.15, 0.2) is 33.8 Å². The Morgan fingerprint density at radius 1 is 1.36 bits per heavy atom. The fraction of sp³-hybridized carbons (Fsp3) is 0.111. The number of thioether (sulfide) groups is 1. The van der Waals surface area contributed by atoms with Crippen LogP contribution in [-0.2, 0) is 0 Å². The van der Waals surface area contributed by atoms with Gasteiger partial charge in [-0.1, -0.05) is 27.7 Å². The highest BCUT2D eigenvalue weighted by Gasteiger charge is 2.10. The van der Waals surface area contributed by atoms with E-state index in [2.05, 4.69) is 20.9 Å². The van der Waals surface area contributed by atoms with E-state index in [0.717, 1.165) is 15.4 Å². The maximum Gasteiger partial charge on any atom is 0.288 e. The molecule has 0 atom stereocenters. The largest absolute Gasteiger partial charge is 0.360 e. The van der Waals surface area contributed by atoms with Gasteiger partial charge in [0, 0.05) is 26.5 Å². The van der Waals surface area contributed by atoms with Gasteiger partial charge in [-0.25, -0.2) is 0 Å². The number of hydrogen-bond acceptors (Lipinski definition) is 1. The highest BCUT2D eigenvalue weighted by Crippen LogP contribution is 2.33. The molecule has 74 valence electrons. The lowest BCUT2D eigenvalue weighted by molar-refractivity contribution is 0.252. The van der Waals surface area contributed by atoms with Gasteiger partial charge in [0.2, 0.25) is 0 Å². The van der Waals surface area contributed by atoms with Crippen molar-refractivity contribution >= 4 is 38.6 Å². The summed E-state index contributed by atoms with van der Waals surface area (Å²) >= 11 is 3.86. The van der Waals surface area contributed by atoms with Gasteiger partial charge >= 0.3 is 0 Å². The number of benzene rings is 1. The molecule has 1 nitrogen and oxygen atoms in total. The number of rotatable bonds is 2. The summed E-state index contributed by atoms with van der Waals surface area (Å²) in [6.07, 6.45) is 1.61. The number of aromatic amines is 1. The van der Waals surface area contributed by atoms with Crippen LogP contribution in [0.2, 0.25) is 0 Å². The molecule has 0 unspecified atom stereocenters. The van der Waals surface area contributed by atoms with Gasteiger partial charge in [-0.3, -0.25) is 0 Å². The van der Waals surface area contributed by atoms with Crippen LogP contribution in [0.3, 0.4) is 0 Å². The summed E-state index contributed by atoms with van der Waals surface area (Å²) in [5, 5.41) is 0.824. The maximum absolute atomic E-state index is 12.2. The molecule has 0 aliphatic rings. The summed E-state index contributed by atoms with van der Waals surface area (Å²) < 4.78 is 25.2. The first kappa shape index (κ1) is 9.98. The molecule has 14 heavy (non-hydrogen) atoms. The molecule has 0 spiro atoms. The van der Waals surface area contributed by atoms with Gasteiger partial charge in [0.1, 0.15) is 0 Å². The Morgan fingerprint density at radius 2 is 2.14 bits per heavy atom. The second-order valence-corrected chi connectivity index (χ2v) is 4.67. The van der Waals surface area contributed by atoms with Crippen molar-refractivity contribution in [2.45, 2.75) is 10.7 Å². The smallest absolute Gasteiger partial charge is 0.288 e. The van der Waals surface area contributed by atoms with Gasteiger partial charge in [0.15, 0.2) is 0 Å². The average molecular weight is 278 g/mol. The zero-order valence-electron chi connectivity index (χ0n) is 6.93. The van der Waals surface area contributed by atoms with E-state index in [0.29, 0.717) is 16.7 Å². The van der Waals surface area contributed by atoms with E-state index in [4.69, 9.17) is 0 Å². The number of hydrogen-bond donors (Lipinski definition) is 1. The SMILES string of the molecule is FC(F)Sc1c[nH]c2ccc(Br)cc12. The quantitative estimate of drug-likeness (QED) is 0.812. The van der Waals surface area contributed by atoms with Gasteiger partial charge < -0.3 is 4.98 Å². The number of halogens is 3. The minimum absolute atomic E-state index is 0.558. The van der Waals surface area contributed by atoms with Crippen molar-refractivity contribution in [1.29, 1.82) is 0 Å². The van der Waals surface area contributed by atoms with Crippen molar-refractivity contribution in [2.24, 2.45) is 0 Å². The van der Waals surface area contributed by atoms with Gasteiger partial charge in [0.05, 0.1) is 0 Å². The van der Waals surface area contributed by atoms with Crippen molar-refractivity contribution in [3.63, 3.8) is 0 Å². The Labute approximate surface area is 92.0 Å². The molecule has 2 rings (SSSR count). The molecule has 2 aromatic rings. The zero-order valence-corrected chi connectivity index (χ0v) is 9.33. The summed E-state index contributed by atoms with van der Waals surface area (Å²) in [5.74, 6) is -2.38. The summed E-state index contributed by atoms with van der Waals surface area (Å²) in [6, 6.07) is 5.56. The van der Waals surface area contributed by atoms with Gasteiger partial charge in [-0.2, -0.15) is 8.78 Å². The summed E-state index contributed by atoms with van der Waals surface area (Å²) in [6.45, 7) is 0. The second kappa shape index (κ2) is 3.90. The monoisotopic (exact) mass is 277 g/mol.